The lowest BCUT2D eigenvalue weighted by molar-refractivity contribution is 0.0491. The van der Waals surface area contributed by atoms with Gasteiger partial charge in [-0.1, -0.05) is 6.07 Å². The number of aromatic nitrogens is 4. The van der Waals surface area contributed by atoms with Crippen molar-refractivity contribution in [3.63, 3.8) is 0 Å². The number of phenolic OH excluding ortho intramolecular Hbond substituents is 1. The number of hydrogen-bond donors (Lipinski definition) is 1. The SMILES string of the molecule is COc1cccc(C(=O)OCCCn2c(=O)c3c(ncn3C)n(C)c2=O)c1O. The van der Waals surface area contributed by atoms with Crippen LogP contribution in [0.4, 0.5) is 0 Å². The number of ether oxygens (including phenoxy) is 2. The van der Waals surface area contributed by atoms with E-state index in [1.807, 2.05) is 0 Å². The predicted octanol–water partition coefficient (Wildman–Crippen LogP) is 0.395. The zero-order valence-corrected chi connectivity index (χ0v) is 15.7. The van der Waals surface area contributed by atoms with E-state index >= 15 is 0 Å². The molecule has 28 heavy (non-hydrogen) atoms. The number of aromatic hydroxyl groups is 1. The topological polar surface area (TPSA) is 118 Å². The lowest BCUT2D eigenvalue weighted by atomic mass is 10.2. The minimum absolute atomic E-state index is 0.0243. The van der Waals surface area contributed by atoms with Gasteiger partial charge in [-0.3, -0.25) is 13.9 Å². The van der Waals surface area contributed by atoms with E-state index in [1.54, 1.807) is 24.7 Å². The molecule has 0 atom stereocenters. The van der Waals surface area contributed by atoms with Crippen LogP contribution < -0.4 is 16.0 Å². The predicted molar refractivity (Wildman–Crippen MR) is 99.8 cm³/mol. The molecule has 1 N–H and O–H groups in total. The van der Waals surface area contributed by atoms with Gasteiger partial charge in [0.1, 0.15) is 5.56 Å². The Morgan fingerprint density at radius 2 is 2.00 bits per heavy atom. The summed E-state index contributed by atoms with van der Waals surface area (Å²) in [5.74, 6) is -0.866. The summed E-state index contributed by atoms with van der Waals surface area (Å²) in [5, 5.41) is 9.98. The summed E-state index contributed by atoms with van der Waals surface area (Å²) >= 11 is 0. The fourth-order valence-electron chi connectivity index (χ4n) is 2.91. The molecule has 0 aliphatic heterocycles. The molecule has 10 heteroatoms. The Hall–Kier alpha value is -3.56. The number of fused-ring (bicyclic) bond motifs is 1. The molecular formula is C18H20N4O6. The standard InChI is InChI=1S/C18H20N4O6/c1-20-10-19-15-13(20)16(24)22(18(26)21(15)2)8-5-9-28-17(25)11-6-4-7-12(27-3)14(11)23/h4,6-7,10,23H,5,8-9H2,1-3H3. The van der Waals surface area contributed by atoms with Gasteiger partial charge in [-0.25, -0.2) is 14.6 Å². The minimum Gasteiger partial charge on any atom is -0.504 e. The van der Waals surface area contributed by atoms with Crippen LogP contribution in [-0.4, -0.2) is 43.5 Å². The normalized spacial score (nSPS) is 11.0. The summed E-state index contributed by atoms with van der Waals surface area (Å²) in [4.78, 5) is 41.2. The van der Waals surface area contributed by atoms with Crippen LogP contribution in [-0.2, 0) is 25.4 Å². The molecule has 0 aliphatic carbocycles. The number of carbonyl (C=O) groups is 1. The van der Waals surface area contributed by atoms with Crippen LogP contribution in [0.3, 0.4) is 0 Å². The molecule has 2 aromatic heterocycles. The number of benzene rings is 1. The molecule has 0 fully saturated rings. The number of hydrogen-bond acceptors (Lipinski definition) is 7. The number of phenols is 1. The molecule has 3 aromatic rings. The number of nitrogens with zero attached hydrogens (tertiary/aromatic N) is 4. The van der Waals surface area contributed by atoms with Crippen molar-refractivity contribution in [2.45, 2.75) is 13.0 Å². The highest BCUT2D eigenvalue weighted by Crippen LogP contribution is 2.29. The van der Waals surface area contributed by atoms with Gasteiger partial charge >= 0.3 is 11.7 Å². The number of para-hydroxylation sites is 1. The molecule has 10 nitrogen and oxygen atoms in total. The quantitative estimate of drug-likeness (QED) is 0.480. The molecule has 0 saturated carbocycles. The van der Waals surface area contributed by atoms with Crippen molar-refractivity contribution in [3.05, 3.63) is 50.9 Å². The van der Waals surface area contributed by atoms with Crippen LogP contribution in [0.5, 0.6) is 11.5 Å². The van der Waals surface area contributed by atoms with E-state index in [2.05, 4.69) is 4.98 Å². The molecule has 148 valence electrons. The first-order valence-electron chi connectivity index (χ1n) is 8.50. The van der Waals surface area contributed by atoms with Gasteiger partial charge in [0.25, 0.3) is 5.56 Å². The number of imidazole rings is 1. The van der Waals surface area contributed by atoms with Gasteiger partial charge < -0.3 is 19.1 Å². The Morgan fingerprint density at radius 3 is 2.71 bits per heavy atom. The summed E-state index contributed by atoms with van der Waals surface area (Å²) in [6.45, 7) is 0.0402. The summed E-state index contributed by atoms with van der Waals surface area (Å²) in [6, 6.07) is 4.49. The molecule has 1 aromatic carbocycles. The molecule has 0 aliphatic rings. The summed E-state index contributed by atoms with van der Waals surface area (Å²) in [6.07, 6.45) is 1.72. The highest BCUT2D eigenvalue weighted by atomic mass is 16.5. The van der Waals surface area contributed by atoms with Crippen LogP contribution in [0.25, 0.3) is 11.2 Å². The summed E-state index contributed by atoms with van der Waals surface area (Å²) < 4.78 is 14.0. The van der Waals surface area contributed by atoms with E-state index in [1.165, 1.54) is 30.1 Å². The third-order valence-corrected chi connectivity index (χ3v) is 4.40. The molecule has 0 amide bonds. The Labute approximate surface area is 159 Å². The van der Waals surface area contributed by atoms with Crippen molar-refractivity contribution in [1.29, 1.82) is 0 Å². The third kappa shape index (κ3) is 3.24. The van der Waals surface area contributed by atoms with Gasteiger partial charge in [0.05, 0.1) is 20.0 Å². The number of methoxy groups -OCH3 is 1. The van der Waals surface area contributed by atoms with E-state index < -0.39 is 17.2 Å². The fourth-order valence-corrected chi connectivity index (χ4v) is 2.91. The number of carbonyl (C=O) groups excluding carboxylic acids is 1. The monoisotopic (exact) mass is 388 g/mol. The first-order valence-corrected chi connectivity index (χ1v) is 8.50. The second-order valence-corrected chi connectivity index (χ2v) is 6.17. The van der Waals surface area contributed by atoms with Crippen LogP contribution in [0, 0.1) is 0 Å². The van der Waals surface area contributed by atoms with Gasteiger partial charge in [-0.2, -0.15) is 0 Å². The number of aryl methyl sites for hydroxylation is 2. The van der Waals surface area contributed by atoms with Crippen LogP contribution in [0.1, 0.15) is 16.8 Å². The zero-order valence-electron chi connectivity index (χ0n) is 15.7. The second-order valence-electron chi connectivity index (χ2n) is 6.17. The molecule has 0 spiro atoms. The summed E-state index contributed by atoms with van der Waals surface area (Å²) in [7, 11) is 4.59. The van der Waals surface area contributed by atoms with Crippen LogP contribution in [0.2, 0.25) is 0 Å². The largest absolute Gasteiger partial charge is 0.504 e. The maximum absolute atomic E-state index is 12.6. The van der Waals surface area contributed by atoms with E-state index in [9.17, 15) is 19.5 Å². The first-order chi connectivity index (χ1) is 13.4. The van der Waals surface area contributed by atoms with Crippen molar-refractivity contribution in [3.8, 4) is 11.5 Å². The van der Waals surface area contributed by atoms with Crippen LogP contribution >= 0.6 is 0 Å². The highest BCUT2D eigenvalue weighted by Gasteiger charge is 2.17. The maximum atomic E-state index is 12.6. The average molecular weight is 388 g/mol. The minimum atomic E-state index is -0.723. The van der Waals surface area contributed by atoms with Crippen molar-refractivity contribution in [2.75, 3.05) is 13.7 Å². The molecule has 3 rings (SSSR count). The third-order valence-electron chi connectivity index (χ3n) is 4.40. The molecular weight excluding hydrogens is 368 g/mol. The lowest BCUT2D eigenvalue weighted by Gasteiger charge is -2.10. The van der Waals surface area contributed by atoms with E-state index in [0.717, 1.165) is 4.57 Å². The van der Waals surface area contributed by atoms with Gasteiger partial charge in [0, 0.05) is 20.6 Å². The smallest absolute Gasteiger partial charge is 0.342 e. The molecule has 0 bridgehead atoms. The molecule has 0 radical (unpaired) electrons. The van der Waals surface area contributed by atoms with Gasteiger partial charge in [0.2, 0.25) is 0 Å². The lowest BCUT2D eigenvalue weighted by Crippen LogP contribution is -2.39. The molecule has 0 saturated heterocycles. The van der Waals surface area contributed by atoms with Gasteiger partial charge in [-0.05, 0) is 18.6 Å². The highest BCUT2D eigenvalue weighted by molar-refractivity contribution is 5.93. The molecule has 2 heterocycles. The Morgan fingerprint density at radius 1 is 1.25 bits per heavy atom. The first kappa shape index (κ1) is 19.2. The number of rotatable bonds is 6. The zero-order chi connectivity index (χ0) is 20.4. The van der Waals surface area contributed by atoms with Crippen LogP contribution in [0.15, 0.2) is 34.1 Å². The van der Waals surface area contributed by atoms with E-state index in [4.69, 9.17) is 9.47 Å². The Kier molecular flexibility index (Phi) is 5.21. The van der Waals surface area contributed by atoms with Crippen molar-refractivity contribution in [2.24, 2.45) is 14.1 Å². The second kappa shape index (κ2) is 7.59. The Bertz CT molecular complexity index is 1160. The van der Waals surface area contributed by atoms with E-state index in [-0.39, 0.29) is 36.6 Å². The fraction of sp³-hybridized carbons (Fsp3) is 0.333. The summed E-state index contributed by atoms with van der Waals surface area (Å²) in [5.41, 5.74) is -0.333. The van der Waals surface area contributed by atoms with Crippen molar-refractivity contribution in [1.82, 2.24) is 18.7 Å². The van der Waals surface area contributed by atoms with Crippen molar-refractivity contribution < 1.29 is 19.4 Å². The molecule has 0 unspecified atom stereocenters. The van der Waals surface area contributed by atoms with Gasteiger partial charge in [-0.15, -0.1) is 0 Å². The van der Waals surface area contributed by atoms with Crippen molar-refractivity contribution >= 4 is 17.1 Å². The van der Waals surface area contributed by atoms with E-state index in [0.29, 0.717) is 11.2 Å². The maximum Gasteiger partial charge on any atom is 0.342 e. The van der Waals surface area contributed by atoms with Gasteiger partial charge in [0.15, 0.2) is 22.7 Å². The average Bonchev–Trinajstić information content (AvgIpc) is 3.07. The number of esters is 1. The Balaban J connectivity index is 1.71.